The molecule has 4 aromatic rings. The van der Waals surface area contributed by atoms with Gasteiger partial charge in [-0.3, -0.25) is 0 Å². The third-order valence-corrected chi connectivity index (χ3v) is 7.21. The number of rotatable bonds is 7. The molecule has 0 aromatic carbocycles. The van der Waals surface area contributed by atoms with Gasteiger partial charge >= 0.3 is 0 Å². The van der Waals surface area contributed by atoms with E-state index in [0.29, 0.717) is 41.7 Å². The van der Waals surface area contributed by atoms with Crippen LogP contribution in [0.25, 0.3) is 16.6 Å². The summed E-state index contributed by atoms with van der Waals surface area (Å²) < 4.78 is 12.6. The van der Waals surface area contributed by atoms with Crippen molar-refractivity contribution in [1.82, 2.24) is 19.6 Å². The summed E-state index contributed by atoms with van der Waals surface area (Å²) in [4.78, 5) is 11.5. The van der Waals surface area contributed by atoms with E-state index in [1.54, 1.807) is 24.0 Å². The number of fused-ring (bicyclic) bond motifs is 3. The topological polar surface area (TPSA) is 101 Å². The van der Waals surface area contributed by atoms with Crippen LogP contribution in [0.15, 0.2) is 55.1 Å². The van der Waals surface area contributed by atoms with Gasteiger partial charge in [-0.2, -0.15) is 10.4 Å². The van der Waals surface area contributed by atoms with Crippen LogP contribution in [0.2, 0.25) is 0 Å². The Morgan fingerprint density at radius 1 is 1.11 bits per heavy atom. The average molecular weight is 482 g/mol. The number of nitrogens with one attached hydrogen (secondary N) is 1. The zero-order valence-corrected chi connectivity index (χ0v) is 20.3. The normalized spacial score (nSPS) is 20.5. The van der Waals surface area contributed by atoms with Crippen molar-refractivity contribution in [2.45, 2.75) is 19.4 Å². The summed E-state index contributed by atoms with van der Waals surface area (Å²) in [7, 11) is 1.63. The van der Waals surface area contributed by atoms with Gasteiger partial charge in [0.25, 0.3) is 0 Å². The SMILES string of the molecule is CCOc1cc(-c2ccc(N3C[C@H]4C[C@@H](C3)[C@@H]4Nc3ccc(OC)nc3)nc2)c2c(C#N)cnn2c1. The average Bonchev–Trinajstić information content (AvgIpc) is 3.35. The van der Waals surface area contributed by atoms with Crippen LogP contribution in [-0.2, 0) is 0 Å². The molecule has 3 aliphatic rings. The zero-order valence-electron chi connectivity index (χ0n) is 20.3. The van der Waals surface area contributed by atoms with E-state index in [1.807, 2.05) is 37.5 Å². The van der Waals surface area contributed by atoms with Crippen LogP contribution in [0, 0.1) is 23.2 Å². The molecule has 4 aromatic heterocycles. The number of ether oxygens (including phenoxy) is 2. The van der Waals surface area contributed by atoms with Crippen LogP contribution in [-0.4, -0.2) is 52.4 Å². The summed E-state index contributed by atoms with van der Waals surface area (Å²) in [5.74, 6) is 3.44. The Balaban J connectivity index is 1.19. The lowest BCUT2D eigenvalue weighted by Crippen LogP contribution is -2.61. The minimum Gasteiger partial charge on any atom is -0.492 e. The maximum atomic E-state index is 9.58. The fourth-order valence-electron chi connectivity index (χ4n) is 5.47. The molecule has 1 saturated carbocycles. The molecule has 0 amide bonds. The number of hydrogen-bond donors (Lipinski definition) is 1. The number of anilines is 2. The minimum atomic E-state index is 0.455. The predicted octanol–water partition coefficient (Wildman–Crippen LogP) is 4.01. The van der Waals surface area contributed by atoms with Gasteiger partial charge in [-0.15, -0.1) is 0 Å². The first kappa shape index (κ1) is 22.2. The van der Waals surface area contributed by atoms with Crippen molar-refractivity contribution in [2.24, 2.45) is 11.8 Å². The van der Waals surface area contributed by atoms with Crippen molar-refractivity contribution in [3.8, 4) is 28.8 Å². The summed E-state index contributed by atoms with van der Waals surface area (Å²) >= 11 is 0. The number of pyridine rings is 3. The van der Waals surface area contributed by atoms with E-state index < -0.39 is 0 Å². The van der Waals surface area contributed by atoms with Gasteiger partial charge in [-0.1, -0.05) is 0 Å². The number of aromatic nitrogens is 4. The van der Waals surface area contributed by atoms with Crippen molar-refractivity contribution in [1.29, 1.82) is 5.26 Å². The molecule has 2 bridgehead atoms. The lowest BCUT2D eigenvalue weighted by molar-refractivity contribution is 0.130. The van der Waals surface area contributed by atoms with E-state index >= 15 is 0 Å². The smallest absolute Gasteiger partial charge is 0.213 e. The van der Waals surface area contributed by atoms with Gasteiger partial charge in [0.05, 0.1) is 49.1 Å². The van der Waals surface area contributed by atoms with Crippen molar-refractivity contribution in [3.05, 3.63) is 60.7 Å². The summed E-state index contributed by atoms with van der Waals surface area (Å²) in [6, 6.07) is 12.7. The number of nitriles is 1. The van der Waals surface area contributed by atoms with Crippen LogP contribution in [0.1, 0.15) is 18.9 Å². The van der Waals surface area contributed by atoms with Crippen LogP contribution < -0.4 is 19.7 Å². The second-order valence-electron chi connectivity index (χ2n) is 9.31. The molecule has 1 aliphatic carbocycles. The molecule has 0 unspecified atom stereocenters. The first-order valence-corrected chi connectivity index (χ1v) is 12.2. The Hall–Kier alpha value is -4.32. The molecule has 36 heavy (non-hydrogen) atoms. The van der Waals surface area contributed by atoms with Gasteiger partial charge < -0.3 is 19.7 Å². The Morgan fingerprint density at radius 2 is 1.97 bits per heavy atom. The molecular weight excluding hydrogens is 454 g/mol. The molecule has 0 spiro atoms. The number of methoxy groups -OCH3 is 1. The van der Waals surface area contributed by atoms with Crippen LogP contribution in [0.4, 0.5) is 11.5 Å². The molecule has 9 nitrogen and oxygen atoms in total. The van der Waals surface area contributed by atoms with Crippen molar-refractivity contribution in [2.75, 3.05) is 37.0 Å². The van der Waals surface area contributed by atoms with E-state index in [2.05, 4.69) is 38.5 Å². The van der Waals surface area contributed by atoms with Gasteiger partial charge in [-0.05, 0) is 49.4 Å². The van der Waals surface area contributed by atoms with E-state index in [-0.39, 0.29) is 0 Å². The van der Waals surface area contributed by atoms with E-state index in [9.17, 15) is 5.26 Å². The summed E-state index contributed by atoms with van der Waals surface area (Å²) in [5, 5.41) is 17.6. The fraction of sp³-hybridized carbons (Fsp3) is 0.333. The highest BCUT2D eigenvalue weighted by molar-refractivity contribution is 5.85. The number of piperidine rings is 2. The summed E-state index contributed by atoms with van der Waals surface area (Å²) in [6.07, 6.45) is 8.34. The lowest BCUT2D eigenvalue weighted by Gasteiger charge is -2.54. The van der Waals surface area contributed by atoms with Gasteiger partial charge in [0.15, 0.2) is 0 Å². The maximum Gasteiger partial charge on any atom is 0.213 e. The van der Waals surface area contributed by atoms with Crippen LogP contribution in [0.5, 0.6) is 11.6 Å². The molecule has 0 radical (unpaired) electrons. The predicted molar refractivity (Wildman–Crippen MR) is 136 cm³/mol. The molecule has 182 valence electrons. The Kier molecular flexibility index (Phi) is 5.56. The van der Waals surface area contributed by atoms with Crippen molar-refractivity contribution in [3.63, 3.8) is 0 Å². The number of nitrogens with zero attached hydrogens (tertiary/aromatic N) is 6. The molecule has 2 aliphatic heterocycles. The highest BCUT2D eigenvalue weighted by Crippen LogP contribution is 2.43. The van der Waals surface area contributed by atoms with Crippen LogP contribution in [0.3, 0.4) is 0 Å². The first-order chi connectivity index (χ1) is 17.7. The Morgan fingerprint density at radius 3 is 2.64 bits per heavy atom. The van der Waals surface area contributed by atoms with Gasteiger partial charge in [0.2, 0.25) is 5.88 Å². The quantitative estimate of drug-likeness (QED) is 0.423. The minimum absolute atomic E-state index is 0.455. The van der Waals surface area contributed by atoms with E-state index in [1.165, 1.54) is 6.42 Å². The molecule has 7 rings (SSSR count). The lowest BCUT2D eigenvalue weighted by atomic mass is 9.66. The molecule has 3 atom stereocenters. The molecule has 2 saturated heterocycles. The van der Waals surface area contributed by atoms with Gasteiger partial charge in [-0.25, -0.2) is 14.5 Å². The standard InChI is InChI=1S/C27H27N7O2/c1-3-36-22-9-23(27-20(10-28)12-31-34(27)16-22)17-4-6-24(29-11-17)33-14-18-8-19(15-33)26(18)32-21-5-7-25(35-2)30-13-21/h4-7,9,11-13,16,18-19,26,32H,3,8,14-15H2,1-2H3/t18-,19+,26-. The molecule has 3 fully saturated rings. The van der Waals surface area contributed by atoms with Gasteiger partial charge in [0, 0.05) is 42.5 Å². The largest absolute Gasteiger partial charge is 0.492 e. The Bertz CT molecular complexity index is 1410. The second-order valence-corrected chi connectivity index (χ2v) is 9.31. The van der Waals surface area contributed by atoms with Gasteiger partial charge in [0.1, 0.15) is 17.6 Å². The molecule has 1 N–H and O–H groups in total. The first-order valence-electron chi connectivity index (χ1n) is 12.2. The molecular formula is C27H27N7O2. The fourth-order valence-corrected chi connectivity index (χ4v) is 5.47. The van der Waals surface area contributed by atoms with Crippen LogP contribution >= 0.6 is 0 Å². The highest BCUT2D eigenvalue weighted by atomic mass is 16.5. The second kappa shape index (κ2) is 9.04. The number of hydrogen-bond acceptors (Lipinski definition) is 8. The van der Waals surface area contributed by atoms with E-state index in [0.717, 1.165) is 41.2 Å². The highest BCUT2D eigenvalue weighted by Gasteiger charge is 2.47. The van der Waals surface area contributed by atoms with E-state index in [4.69, 9.17) is 14.5 Å². The Labute approximate surface area is 209 Å². The van der Waals surface area contributed by atoms with Crippen molar-refractivity contribution >= 4 is 17.0 Å². The summed E-state index contributed by atoms with van der Waals surface area (Å²) in [5.41, 5.74) is 4.13. The molecule has 6 heterocycles. The molecule has 9 heteroatoms. The van der Waals surface area contributed by atoms with Crippen molar-refractivity contribution < 1.29 is 9.47 Å². The third kappa shape index (κ3) is 3.85. The summed E-state index contributed by atoms with van der Waals surface area (Å²) in [6.45, 7) is 4.43. The maximum absolute atomic E-state index is 9.58. The third-order valence-electron chi connectivity index (χ3n) is 7.21. The zero-order chi connectivity index (χ0) is 24.6. The monoisotopic (exact) mass is 481 g/mol.